The minimum atomic E-state index is -0.560. The van der Waals surface area contributed by atoms with Crippen molar-refractivity contribution >= 4 is 17.8 Å². The lowest BCUT2D eigenvalue weighted by atomic mass is 9.97. The van der Waals surface area contributed by atoms with Gasteiger partial charge in [0.1, 0.15) is 6.54 Å². The number of carbonyl (C=O) groups is 3. The Bertz CT molecular complexity index is 1060. The van der Waals surface area contributed by atoms with Gasteiger partial charge in [-0.1, -0.05) is 12.1 Å². The van der Waals surface area contributed by atoms with Crippen LogP contribution in [0.5, 0.6) is 0 Å². The molecule has 0 aliphatic carbocycles. The summed E-state index contributed by atoms with van der Waals surface area (Å²) in [6.07, 6.45) is 6.16. The van der Waals surface area contributed by atoms with Crippen LogP contribution in [0.2, 0.25) is 0 Å². The van der Waals surface area contributed by atoms with Crippen LogP contribution in [0.1, 0.15) is 76.6 Å². The topological polar surface area (TPSA) is 111 Å². The zero-order chi connectivity index (χ0) is 25.8. The second kappa shape index (κ2) is 11.2. The Balaban J connectivity index is 1.37. The van der Waals surface area contributed by atoms with E-state index in [1.54, 1.807) is 24.3 Å². The van der Waals surface area contributed by atoms with Gasteiger partial charge in [-0.2, -0.15) is 0 Å². The lowest BCUT2D eigenvalue weighted by Crippen LogP contribution is -2.49. The smallest absolute Gasteiger partial charge is 0.338 e. The van der Waals surface area contributed by atoms with E-state index in [-0.39, 0.29) is 49.1 Å². The number of rotatable bonds is 6. The number of benzene rings is 1. The van der Waals surface area contributed by atoms with Crippen LogP contribution in [0.4, 0.5) is 0 Å². The normalized spacial score (nSPS) is 24.4. The van der Waals surface area contributed by atoms with E-state index < -0.39 is 5.97 Å². The highest BCUT2D eigenvalue weighted by atomic mass is 16.5. The molecule has 4 atom stereocenters. The third-order valence-corrected chi connectivity index (χ3v) is 7.49. The van der Waals surface area contributed by atoms with E-state index in [0.717, 1.165) is 38.5 Å². The number of hydrogen-bond donors (Lipinski definition) is 0. The summed E-state index contributed by atoms with van der Waals surface area (Å²) in [6, 6.07) is 7.35. The molecule has 1 aromatic carbocycles. The van der Waals surface area contributed by atoms with Crippen molar-refractivity contribution in [1.29, 1.82) is 0 Å². The van der Waals surface area contributed by atoms with E-state index in [1.165, 1.54) is 4.68 Å². The van der Waals surface area contributed by atoms with Crippen LogP contribution in [-0.2, 0) is 20.9 Å². The van der Waals surface area contributed by atoms with Crippen molar-refractivity contribution in [3.8, 4) is 11.4 Å². The molecule has 0 bridgehead atoms. The van der Waals surface area contributed by atoms with Gasteiger partial charge < -0.3 is 14.5 Å². The van der Waals surface area contributed by atoms with Crippen molar-refractivity contribution in [3.05, 3.63) is 29.8 Å². The van der Waals surface area contributed by atoms with Crippen molar-refractivity contribution in [2.24, 2.45) is 0 Å². The van der Waals surface area contributed by atoms with Gasteiger partial charge in [0, 0.05) is 29.7 Å². The number of aromatic nitrogens is 4. The first-order valence-electron chi connectivity index (χ1n) is 12.9. The third kappa shape index (κ3) is 5.57. The van der Waals surface area contributed by atoms with Crippen molar-refractivity contribution < 1.29 is 19.1 Å². The number of carbonyl (C=O) groups excluding carboxylic acids is 3. The Kier molecular flexibility index (Phi) is 8.01. The number of likely N-dealkylation sites (tertiary alicyclic amines) is 2. The van der Waals surface area contributed by atoms with Crippen LogP contribution < -0.4 is 0 Å². The summed E-state index contributed by atoms with van der Waals surface area (Å²) < 4.78 is 6.80. The molecule has 0 N–H and O–H groups in total. The highest BCUT2D eigenvalue weighted by molar-refractivity contribution is 5.91. The van der Waals surface area contributed by atoms with Crippen molar-refractivity contribution in [1.82, 2.24) is 30.0 Å². The zero-order valence-corrected chi connectivity index (χ0v) is 21.6. The van der Waals surface area contributed by atoms with Crippen molar-refractivity contribution in [2.45, 2.75) is 96.9 Å². The minimum absolute atomic E-state index is 0.00884. The first-order valence-corrected chi connectivity index (χ1v) is 12.9. The van der Waals surface area contributed by atoms with E-state index in [4.69, 9.17) is 4.74 Å². The molecule has 2 aromatic rings. The molecule has 0 unspecified atom stereocenters. The molecule has 10 heteroatoms. The molecule has 2 aliphatic heterocycles. The van der Waals surface area contributed by atoms with Gasteiger partial charge >= 0.3 is 5.97 Å². The first kappa shape index (κ1) is 25.8. The van der Waals surface area contributed by atoms with Gasteiger partial charge in [-0.3, -0.25) is 9.59 Å². The van der Waals surface area contributed by atoms with E-state index in [9.17, 15) is 14.4 Å². The first-order chi connectivity index (χ1) is 17.3. The number of piperidine rings is 2. The Morgan fingerprint density at radius 2 is 1.36 bits per heavy atom. The minimum Gasteiger partial charge on any atom is -0.452 e. The van der Waals surface area contributed by atoms with Crippen LogP contribution in [0.3, 0.4) is 0 Å². The summed E-state index contributed by atoms with van der Waals surface area (Å²) in [7, 11) is 0. The second-order valence-electron chi connectivity index (χ2n) is 10.2. The highest BCUT2D eigenvalue weighted by Crippen LogP contribution is 2.24. The predicted octanol–water partition coefficient (Wildman–Crippen LogP) is 3.08. The number of ether oxygens (including phenoxy) is 1. The summed E-state index contributed by atoms with van der Waals surface area (Å²) in [5.74, 6) is -0.287. The molecule has 2 aliphatic rings. The molecule has 3 heterocycles. The van der Waals surface area contributed by atoms with Crippen molar-refractivity contribution in [2.75, 3.05) is 6.61 Å². The van der Waals surface area contributed by atoms with Crippen LogP contribution in [0, 0.1) is 0 Å². The second-order valence-corrected chi connectivity index (χ2v) is 10.2. The number of hydrogen-bond acceptors (Lipinski definition) is 7. The maximum absolute atomic E-state index is 13.0. The molecule has 0 radical (unpaired) electrons. The van der Waals surface area contributed by atoms with Gasteiger partial charge in [0.2, 0.25) is 5.91 Å². The molecule has 36 heavy (non-hydrogen) atoms. The van der Waals surface area contributed by atoms with Crippen LogP contribution in [0.25, 0.3) is 11.4 Å². The fourth-order valence-corrected chi connectivity index (χ4v) is 5.59. The molecule has 0 spiro atoms. The van der Waals surface area contributed by atoms with Crippen molar-refractivity contribution in [3.63, 3.8) is 0 Å². The number of tetrazole rings is 1. The van der Waals surface area contributed by atoms with Gasteiger partial charge in [-0.15, -0.1) is 5.10 Å². The average Bonchev–Trinajstić information content (AvgIpc) is 3.30. The van der Waals surface area contributed by atoms with E-state index in [2.05, 4.69) is 29.4 Å². The van der Waals surface area contributed by atoms with Crippen LogP contribution in [-0.4, -0.2) is 78.6 Å². The fourth-order valence-electron chi connectivity index (χ4n) is 5.59. The molecular weight excluding hydrogens is 460 g/mol. The maximum atomic E-state index is 13.0. The van der Waals surface area contributed by atoms with E-state index in [0.29, 0.717) is 17.0 Å². The summed E-state index contributed by atoms with van der Waals surface area (Å²) in [4.78, 5) is 42.0. The molecular formula is C26H36N6O4. The average molecular weight is 497 g/mol. The number of esters is 1. The Hall–Kier alpha value is -3.30. The van der Waals surface area contributed by atoms with Crippen LogP contribution in [0.15, 0.2) is 24.3 Å². The molecule has 2 amide bonds. The molecule has 10 nitrogen and oxygen atoms in total. The number of nitrogens with zero attached hydrogens (tertiary/aromatic N) is 6. The number of amides is 2. The molecule has 4 rings (SSSR count). The monoisotopic (exact) mass is 496 g/mol. The lowest BCUT2D eigenvalue weighted by Gasteiger charge is -2.39. The summed E-state index contributed by atoms with van der Waals surface area (Å²) >= 11 is 0. The maximum Gasteiger partial charge on any atom is 0.338 e. The largest absolute Gasteiger partial charge is 0.452 e. The van der Waals surface area contributed by atoms with E-state index in [1.807, 2.05) is 23.6 Å². The summed E-state index contributed by atoms with van der Waals surface area (Å²) in [5, 5.41) is 11.9. The van der Waals surface area contributed by atoms with Gasteiger partial charge in [0.05, 0.1) is 5.56 Å². The predicted molar refractivity (Wildman–Crippen MR) is 133 cm³/mol. The highest BCUT2D eigenvalue weighted by Gasteiger charge is 2.31. The standard InChI is InChI=1S/C26H36N6O4/c1-17-7-5-8-18(2)31(17)23(33)15-30-25(27-28-29-30)21-11-13-22(14-12-21)26(35)36-16-24(34)32-19(3)9-6-10-20(32)4/h11-14,17-20H,5-10,15-16H2,1-4H3/t17-,18+,19-,20-/m1/s1. The Labute approximate surface area is 212 Å². The fraction of sp³-hybridized carbons (Fsp3) is 0.615. The quantitative estimate of drug-likeness (QED) is 0.565. The van der Waals surface area contributed by atoms with Gasteiger partial charge in [-0.25, -0.2) is 9.48 Å². The molecule has 0 saturated carbocycles. The van der Waals surface area contributed by atoms with Gasteiger partial charge in [0.25, 0.3) is 5.91 Å². The Morgan fingerprint density at radius 3 is 1.92 bits per heavy atom. The third-order valence-electron chi connectivity index (χ3n) is 7.49. The molecule has 1 aromatic heterocycles. The SMILES string of the molecule is C[C@@H]1CCC[C@@H](C)N1C(=O)COC(=O)c1ccc(-c2nnnn2CC(=O)N2[C@H](C)CCC[C@@H]2C)cc1. The lowest BCUT2D eigenvalue weighted by molar-refractivity contribution is -0.140. The zero-order valence-electron chi connectivity index (χ0n) is 21.6. The summed E-state index contributed by atoms with van der Waals surface area (Å²) in [6.45, 7) is 7.99. The molecule has 194 valence electrons. The summed E-state index contributed by atoms with van der Waals surface area (Å²) in [5.41, 5.74) is 1.01. The Morgan fingerprint density at radius 1 is 0.833 bits per heavy atom. The molecule has 2 fully saturated rings. The van der Waals surface area contributed by atoms with E-state index >= 15 is 0 Å². The van der Waals surface area contributed by atoms with Gasteiger partial charge in [-0.05, 0) is 88.8 Å². The van der Waals surface area contributed by atoms with Crippen LogP contribution >= 0.6 is 0 Å². The molecule has 2 saturated heterocycles. The van der Waals surface area contributed by atoms with Gasteiger partial charge in [0.15, 0.2) is 12.4 Å².